The first-order valence-corrected chi connectivity index (χ1v) is 7.96. The molecule has 108 valence electrons. The van der Waals surface area contributed by atoms with Crippen LogP contribution in [-0.2, 0) is 6.42 Å². The number of nitrogens with zero attached hydrogens (tertiary/aromatic N) is 3. The van der Waals surface area contributed by atoms with Gasteiger partial charge < -0.3 is 0 Å². The van der Waals surface area contributed by atoms with Crippen LogP contribution >= 0.6 is 11.3 Å². The van der Waals surface area contributed by atoms with Gasteiger partial charge in [0.1, 0.15) is 10.9 Å². The summed E-state index contributed by atoms with van der Waals surface area (Å²) >= 11 is 1.52. The Kier molecular flexibility index (Phi) is 5.65. The Bertz CT molecular complexity index is 625. The molecule has 4 heteroatoms. The van der Waals surface area contributed by atoms with Gasteiger partial charge in [-0.05, 0) is 32.3 Å². The predicted molar refractivity (Wildman–Crippen MR) is 87.9 cm³/mol. The number of aliphatic imine (C=N–C) groups is 1. The quantitative estimate of drug-likeness (QED) is 0.752. The zero-order valence-electron chi connectivity index (χ0n) is 12.4. The third-order valence-electron chi connectivity index (χ3n) is 3.23. The van der Waals surface area contributed by atoms with Crippen LogP contribution in [0.15, 0.2) is 40.7 Å². The predicted octanol–water partition coefficient (Wildman–Crippen LogP) is 4.15. The van der Waals surface area contributed by atoms with Crippen molar-refractivity contribution in [2.24, 2.45) is 4.99 Å². The SMILES string of the molecule is Cc1csc([C@H](C#N)C=N[C@H](C)CCc2ccccc2)n1. The zero-order chi connectivity index (χ0) is 15.1. The minimum atomic E-state index is -0.331. The lowest BCUT2D eigenvalue weighted by molar-refractivity contribution is 0.669. The molecule has 0 aliphatic heterocycles. The molecule has 0 unspecified atom stereocenters. The summed E-state index contributed by atoms with van der Waals surface area (Å²) in [5.41, 5.74) is 2.28. The molecule has 0 amide bonds. The number of aromatic nitrogens is 1. The van der Waals surface area contributed by atoms with Crippen LogP contribution in [-0.4, -0.2) is 17.2 Å². The average molecular weight is 297 g/mol. The number of benzene rings is 1. The summed E-state index contributed by atoms with van der Waals surface area (Å²) in [5.74, 6) is -0.331. The van der Waals surface area contributed by atoms with E-state index in [9.17, 15) is 5.26 Å². The van der Waals surface area contributed by atoms with Crippen molar-refractivity contribution in [3.05, 3.63) is 52.0 Å². The first-order valence-electron chi connectivity index (χ1n) is 7.08. The smallest absolute Gasteiger partial charge is 0.133 e. The van der Waals surface area contributed by atoms with Gasteiger partial charge in [-0.3, -0.25) is 4.99 Å². The molecule has 0 saturated heterocycles. The lowest BCUT2D eigenvalue weighted by Crippen LogP contribution is -2.04. The highest BCUT2D eigenvalue weighted by atomic mass is 32.1. The fraction of sp³-hybridized carbons (Fsp3) is 0.353. The highest BCUT2D eigenvalue weighted by Gasteiger charge is 2.12. The maximum Gasteiger partial charge on any atom is 0.133 e. The van der Waals surface area contributed by atoms with E-state index in [0.29, 0.717) is 0 Å². The monoisotopic (exact) mass is 297 g/mol. The second kappa shape index (κ2) is 7.70. The largest absolute Gasteiger partial charge is 0.293 e. The highest BCUT2D eigenvalue weighted by Crippen LogP contribution is 2.18. The number of aryl methyl sites for hydroxylation is 2. The lowest BCUT2D eigenvalue weighted by atomic mass is 10.1. The Hall–Kier alpha value is -1.99. The fourth-order valence-electron chi connectivity index (χ4n) is 2.00. The van der Waals surface area contributed by atoms with Crippen LogP contribution in [0.4, 0.5) is 0 Å². The number of hydrogen-bond donors (Lipinski definition) is 0. The van der Waals surface area contributed by atoms with Gasteiger partial charge in [0.2, 0.25) is 0 Å². The van der Waals surface area contributed by atoms with Crippen LogP contribution in [0, 0.1) is 18.3 Å². The second-order valence-electron chi connectivity index (χ2n) is 5.11. The molecule has 1 aromatic heterocycles. The summed E-state index contributed by atoms with van der Waals surface area (Å²) in [6.45, 7) is 4.02. The number of rotatable bonds is 6. The molecular formula is C17H19N3S. The normalized spacial score (nSPS) is 14.0. The Morgan fingerprint density at radius 3 is 2.76 bits per heavy atom. The van der Waals surface area contributed by atoms with Crippen molar-refractivity contribution in [3.63, 3.8) is 0 Å². The lowest BCUT2D eigenvalue weighted by Gasteiger charge is -2.07. The van der Waals surface area contributed by atoms with Crippen molar-refractivity contribution in [2.45, 2.75) is 38.6 Å². The van der Waals surface area contributed by atoms with E-state index in [2.05, 4.69) is 47.2 Å². The molecule has 3 nitrogen and oxygen atoms in total. The van der Waals surface area contributed by atoms with Crippen LogP contribution in [0.1, 0.15) is 35.5 Å². The van der Waals surface area contributed by atoms with E-state index in [4.69, 9.17) is 0 Å². The average Bonchev–Trinajstić information content (AvgIpc) is 2.93. The summed E-state index contributed by atoms with van der Waals surface area (Å²) in [7, 11) is 0. The number of hydrogen-bond acceptors (Lipinski definition) is 4. The molecule has 0 saturated carbocycles. The first-order chi connectivity index (χ1) is 10.2. The van der Waals surface area contributed by atoms with Crippen LogP contribution in [0.25, 0.3) is 0 Å². The molecule has 2 rings (SSSR count). The standard InChI is InChI=1S/C17H19N3S/c1-13(8-9-15-6-4-3-5-7-15)19-11-16(10-18)17-20-14(2)12-21-17/h3-7,11-13,16H,8-9H2,1-2H3/t13-,16-/m1/s1. The fourth-order valence-corrected chi connectivity index (χ4v) is 2.80. The maximum absolute atomic E-state index is 9.23. The second-order valence-corrected chi connectivity index (χ2v) is 6.00. The van der Waals surface area contributed by atoms with E-state index >= 15 is 0 Å². The van der Waals surface area contributed by atoms with Crippen molar-refractivity contribution in [2.75, 3.05) is 0 Å². The van der Waals surface area contributed by atoms with Gasteiger partial charge in [0.25, 0.3) is 0 Å². The zero-order valence-corrected chi connectivity index (χ0v) is 13.2. The Morgan fingerprint density at radius 2 is 2.14 bits per heavy atom. The van der Waals surface area contributed by atoms with Crippen LogP contribution in [0.3, 0.4) is 0 Å². The number of nitriles is 1. The van der Waals surface area contributed by atoms with Crippen molar-refractivity contribution >= 4 is 17.6 Å². The van der Waals surface area contributed by atoms with Gasteiger partial charge in [0.05, 0.1) is 6.07 Å². The van der Waals surface area contributed by atoms with Crippen LogP contribution < -0.4 is 0 Å². The molecule has 1 aromatic carbocycles. The first kappa shape index (κ1) is 15.4. The Balaban J connectivity index is 1.89. The molecule has 1 heterocycles. The molecule has 0 aliphatic carbocycles. The molecule has 0 spiro atoms. The third kappa shape index (κ3) is 4.80. The summed E-state index contributed by atoms with van der Waals surface area (Å²) in [6, 6.07) is 12.9. The van der Waals surface area contributed by atoms with Gasteiger partial charge >= 0.3 is 0 Å². The van der Waals surface area contributed by atoms with Gasteiger partial charge in [0.15, 0.2) is 0 Å². The van der Waals surface area contributed by atoms with E-state index in [0.717, 1.165) is 23.5 Å². The topological polar surface area (TPSA) is 49.0 Å². The molecule has 0 aliphatic rings. The van der Waals surface area contributed by atoms with Gasteiger partial charge in [-0.2, -0.15) is 5.26 Å². The molecular weight excluding hydrogens is 278 g/mol. The summed E-state index contributed by atoms with van der Waals surface area (Å²) in [4.78, 5) is 8.87. The molecule has 0 radical (unpaired) electrons. The highest BCUT2D eigenvalue weighted by molar-refractivity contribution is 7.09. The Morgan fingerprint density at radius 1 is 1.38 bits per heavy atom. The van der Waals surface area contributed by atoms with Crippen molar-refractivity contribution in [3.8, 4) is 6.07 Å². The summed E-state index contributed by atoms with van der Waals surface area (Å²) < 4.78 is 0. The van der Waals surface area contributed by atoms with Gasteiger partial charge in [0, 0.05) is 23.3 Å². The minimum absolute atomic E-state index is 0.210. The molecule has 2 aromatic rings. The van der Waals surface area contributed by atoms with Crippen molar-refractivity contribution in [1.29, 1.82) is 5.26 Å². The molecule has 0 N–H and O–H groups in total. The van der Waals surface area contributed by atoms with Crippen molar-refractivity contribution < 1.29 is 0 Å². The molecule has 21 heavy (non-hydrogen) atoms. The third-order valence-corrected chi connectivity index (χ3v) is 4.27. The van der Waals surface area contributed by atoms with E-state index < -0.39 is 0 Å². The summed E-state index contributed by atoms with van der Waals surface area (Å²) in [6.07, 6.45) is 3.73. The number of thiazole rings is 1. The van der Waals surface area contributed by atoms with Crippen molar-refractivity contribution in [1.82, 2.24) is 4.98 Å². The van der Waals surface area contributed by atoms with Gasteiger partial charge in [-0.15, -0.1) is 11.3 Å². The van der Waals surface area contributed by atoms with Crippen LogP contribution in [0.5, 0.6) is 0 Å². The minimum Gasteiger partial charge on any atom is -0.293 e. The molecule has 0 bridgehead atoms. The molecule has 0 fully saturated rings. The van der Waals surface area contributed by atoms with Crippen LogP contribution in [0.2, 0.25) is 0 Å². The van der Waals surface area contributed by atoms with E-state index in [1.807, 2.05) is 18.4 Å². The van der Waals surface area contributed by atoms with E-state index in [-0.39, 0.29) is 12.0 Å². The van der Waals surface area contributed by atoms with E-state index in [1.54, 1.807) is 6.21 Å². The Labute approximate surface area is 130 Å². The maximum atomic E-state index is 9.23. The molecule has 2 atom stereocenters. The van der Waals surface area contributed by atoms with Gasteiger partial charge in [-0.25, -0.2) is 4.98 Å². The van der Waals surface area contributed by atoms with E-state index in [1.165, 1.54) is 16.9 Å². The van der Waals surface area contributed by atoms with Gasteiger partial charge in [-0.1, -0.05) is 30.3 Å². The summed E-state index contributed by atoms with van der Waals surface area (Å²) in [5, 5.41) is 12.0.